The number of aromatic nitrogens is 2. The van der Waals surface area contributed by atoms with Crippen molar-refractivity contribution < 1.29 is 4.79 Å². The maximum atomic E-state index is 13.2. The minimum absolute atomic E-state index is 0.101. The molecular weight excluding hydrogens is 598 g/mol. The molecular formula is C37H40ClN5OS. The normalized spacial score (nSPS) is 16.4. The van der Waals surface area contributed by atoms with Gasteiger partial charge in [0.1, 0.15) is 11.0 Å². The van der Waals surface area contributed by atoms with Gasteiger partial charge in [-0.05, 0) is 54.0 Å². The first kappa shape index (κ1) is 31.3. The van der Waals surface area contributed by atoms with Crippen LogP contribution in [0.5, 0.6) is 0 Å². The summed E-state index contributed by atoms with van der Waals surface area (Å²) in [7, 11) is 0. The monoisotopic (exact) mass is 637 g/mol. The van der Waals surface area contributed by atoms with Crippen LogP contribution in [0.1, 0.15) is 39.9 Å². The third-order valence-electron chi connectivity index (χ3n) is 8.67. The summed E-state index contributed by atoms with van der Waals surface area (Å²) in [6, 6.07) is 30.9. The molecule has 3 aromatic carbocycles. The maximum Gasteiger partial charge on any atom is 0.253 e. The van der Waals surface area contributed by atoms with Gasteiger partial charge in [0.2, 0.25) is 0 Å². The van der Waals surface area contributed by atoms with Crippen LogP contribution in [-0.2, 0) is 12.2 Å². The lowest BCUT2D eigenvalue weighted by molar-refractivity contribution is 0.0650. The van der Waals surface area contributed by atoms with Crippen LogP contribution in [0, 0.1) is 5.92 Å². The van der Waals surface area contributed by atoms with E-state index in [0.29, 0.717) is 22.0 Å². The van der Waals surface area contributed by atoms with E-state index in [1.165, 1.54) is 11.1 Å². The van der Waals surface area contributed by atoms with Gasteiger partial charge in [-0.15, -0.1) is 0 Å². The van der Waals surface area contributed by atoms with Gasteiger partial charge in [0.05, 0.1) is 0 Å². The SMILES string of the molecule is O=C(c1ccc(CSc2nc(Cl)cc(N3CCC(Cc4ccccc4)CC3)n2)cc1)N1CCN(CC=Cc2ccccc2)CC1. The minimum Gasteiger partial charge on any atom is -0.356 e. The van der Waals surface area contributed by atoms with Crippen LogP contribution in [0.15, 0.2) is 102 Å². The van der Waals surface area contributed by atoms with Gasteiger partial charge in [-0.25, -0.2) is 9.97 Å². The molecule has 0 N–H and O–H groups in total. The van der Waals surface area contributed by atoms with Crippen LogP contribution >= 0.6 is 23.4 Å². The maximum absolute atomic E-state index is 13.2. The van der Waals surface area contributed by atoms with E-state index >= 15 is 0 Å². The van der Waals surface area contributed by atoms with Gasteiger partial charge in [0.25, 0.3) is 5.91 Å². The van der Waals surface area contributed by atoms with Crippen LogP contribution in [0.4, 0.5) is 5.82 Å². The van der Waals surface area contributed by atoms with Gasteiger partial charge in [-0.3, -0.25) is 9.69 Å². The first-order valence-corrected chi connectivity index (χ1v) is 17.2. The summed E-state index contributed by atoms with van der Waals surface area (Å²) in [6.07, 6.45) is 7.78. The largest absolute Gasteiger partial charge is 0.356 e. The molecule has 0 spiro atoms. The first-order valence-electron chi connectivity index (χ1n) is 15.9. The third-order valence-corrected chi connectivity index (χ3v) is 9.78. The zero-order valence-electron chi connectivity index (χ0n) is 25.6. The molecule has 6 nitrogen and oxygen atoms in total. The molecule has 2 aliphatic rings. The lowest BCUT2D eigenvalue weighted by Gasteiger charge is -2.34. The predicted molar refractivity (Wildman–Crippen MR) is 186 cm³/mol. The highest BCUT2D eigenvalue weighted by molar-refractivity contribution is 7.98. The summed E-state index contributed by atoms with van der Waals surface area (Å²) in [5.41, 5.74) is 4.48. The van der Waals surface area contributed by atoms with Crippen molar-refractivity contribution >= 4 is 41.2 Å². The molecule has 0 atom stereocenters. The number of anilines is 1. The Morgan fingerprint density at radius 1 is 0.822 bits per heavy atom. The molecule has 0 unspecified atom stereocenters. The number of piperidine rings is 1. The van der Waals surface area contributed by atoms with Crippen molar-refractivity contribution in [3.8, 4) is 0 Å². The van der Waals surface area contributed by atoms with Crippen LogP contribution < -0.4 is 4.90 Å². The van der Waals surface area contributed by atoms with Crippen molar-refractivity contribution in [3.63, 3.8) is 0 Å². The van der Waals surface area contributed by atoms with E-state index in [0.717, 1.165) is 82.0 Å². The zero-order chi connectivity index (χ0) is 30.8. The van der Waals surface area contributed by atoms with Crippen molar-refractivity contribution in [3.05, 3.63) is 124 Å². The van der Waals surface area contributed by atoms with E-state index in [9.17, 15) is 4.79 Å². The first-order chi connectivity index (χ1) is 22.1. The van der Waals surface area contributed by atoms with Gasteiger partial charge in [0.15, 0.2) is 5.16 Å². The number of halogens is 1. The smallest absolute Gasteiger partial charge is 0.253 e. The van der Waals surface area contributed by atoms with Crippen molar-refractivity contribution in [2.75, 3.05) is 50.7 Å². The lowest BCUT2D eigenvalue weighted by atomic mass is 9.90. The fourth-order valence-electron chi connectivity index (χ4n) is 6.04. The Kier molecular flexibility index (Phi) is 10.8. The zero-order valence-corrected chi connectivity index (χ0v) is 27.2. The number of carbonyl (C=O) groups is 1. The van der Waals surface area contributed by atoms with Gasteiger partial charge in [0, 0.05) is 63.2 Å². The molecule has 45 heavy (non-hydrogen) atoms. The van der Waals surface area contributed by atoms with Crippen LogP contribution in [-0.4, -0.2) is 71.5 Å². The van der Waals surface area contributed by atoms with Crippen molar-refractivity contribution in [1.82, 2.24) is 19.8 Å². The number of benzene rings is 3. The molecule has 2 saturated heterocycles. The summed E-state index contributed by atoms with van der Waals surface area (Å²) in [4.78, 5) is 29.2. The van der Waals surface area contributed by atoms with Gasteiger partial charge >= 0.3 is 0 Å². The summed E-state index contributed by atoms with van der Waals surface area (Å²) in [6.45, 7) is 6.10. The Hall–Kier alpha value is -3.65. The Morgan fingerprint density at radius 3 is 2.22 bits per heavy atom. The number of rotatable bonds is 10. The summed E-state index contributed by atoms with van der Waals surface area (Å²) < 4.78 is 0. The number of carbonyl (C=O) groups excluding carboxylic acids is 1. The Balaban J connectivity index is 0.957. The van der Waals surface area contributed by atoms with E-state index in [1.54, 1.807) is 11.8 Å². The van der Waals surface area contributed by atoms with E-state index < -0.39 is 0 Å². The second-order valence-electron chi connectivity index (χ2n) is 11.8. The Bertz CT molecular complexity index is 1550. The Morgan fingerprint density at radius 2 is 1.51 bits per heavy atom. The van der Waals surface area contributed by atoms with E-state index in [1.807, 2.05) is 41.3 Å². The van der Waals surface area contributed by atoms with Gasteiger partial charge < -0.3 is 9.80 Å². The molecule has 6 rings (SSSR count). The molecule has 0 aliphatic carbocycles. The second-order valence-corrected chi connectivity index (χ2v) is 13.2. The number of amides is 1. The molecule has 2 fully saturated rings. The predicted octanol–water partition coefficient (Wildman–Crippen LogP) is 7.35. The van der Waals surface area contributed by atoms with Crippen LogP contribution in [0.3, 0.4) is 0 Å². The molecule has 0 bridgehead atoms. The molecule has 232 valence electrons. The summed E-state index contributed by atoms with van der Waals surface area (Å²) in [5.74, 6) is 2.41. The lowest BCUT2D eigenvalue weighted by Crippen LogP contribution is -2.48. The van der Waals surface area contributed by atoms with Crippen LogP contribution in [0.25, 0.3) is 6.08 Å². The standard InChI is InChI=1S/C37H40ClN5OS/c38-34-27-35(42-20-17-31(18-21-42)26-30-10-5-2-6-11-30)40-37(39-34)45-28-32-13-15-33(16-14-32)36(44)43-24-22-41(23-25-43)19-7-12-29-8-3-1-4-9-29/h1-16,27,31H,17-26,28H2. The topological polar surface area (TPSA) is 52.6 Å². The van der Waals surface area contributed by atoms with Gasteiger partial charge in [-0.2, -0.15) is 0 Å². The molecule has 8 heteroatoms. The number of nitrogens with zero attached hydrogens (tertiary/aromatic N) is 5. The quantitative estimate of drug-likeness (QED) is 0.103. The highest BCUT2D eigenvalue weighted by Gasteiger charge is 2.23. The molecule has 0 saturated carbocycles. The average molecular weight is 638 g/mol. The van der Waals surface area contributed by atoms with Gasteiger partial charge in [-0.1, -0.05) is 108 Å². The Labute approximate surface area is 276 Å². The number of piperazine rings is 1. The molecule has 4 aromatic rings. The van der Waals surface area contributed by atoms with Crippen molar-refractivity contribution in [2.24, 2.45) is 5.92 Å². The summed E-state index contributed by atoms with van der Waals surface area (Å²) >= 11 is 8.01. The number of hydrogen-bond donors (Lipinski definition) is 0. The van der Waals surface area contributed by atoms with Crippen LogP contribution in [0.2, 0.25) is 5.15 Å². The van der Waals surface area contributed by atoms with Crippen molar-refractivity contribution in [1.29, 1.82) is 0 Å². The summed E-state index contributed by atoms with van der Waals surface area (Å²) in [5, 5.41) is 1.16. The number of hydrogen-bond acceptors (Lipinski definition) is 6. The molecule has 3 heterocycles. The third kappa shape index (κ3) is 8.97. The second kappa shape index (κ2) is 15.6. The fraction of sp³-hybridized carbons (Fsp3) is 0.324. The molecule has 1 aromatic heterocycles. The minimum atomic E-state index is 0.101. The molecule has 1 amide bonds. The number of thioether (sulfide) groups is 1. The average Bonchev–Trinajstić information content (AvgIpc) is 3.09. The molecule has 2 aliphatic heterocycles. The fourth-order valence-corrected chi connectivity index (χ4v) is 7.07. The van der Waals surface area contributed by atoms with E-state index in [-0.39, 0.29) is 5.91 Å². The van der Waals surface area contributed by atoms with Crippen molar-refractivity contribution in [2.45, 2.75) is 30.2 Å². The van der Waals surface area contributed by atoms with E-state index in [2.05, 4.69) is 81.5 Å². The molecule has 0 radical (unpaired) electrons. The van der Waals surface area contributed by atoms with E-state index in [4.69, 9.17) is 16.6 Å². The highest BCUT2D eigenvalue weighted by Crippen LogP contribution is 2.29. The highest BCUT2D eigenvalue weighted by atomic mass is 35.5.